The summed E-state index contributed by atoms with van der Waals surface area (Å²) in [6, 6.07) is 15.4. The minimum Gasteiger partial charge on any atom is -0.452 e. The van der Waals surface area contributed by atoms with E-state index in [0.717, 1.165) is 29.7 Å². The summed E-state index contributed by atoms with van der Waals surface area (Å²) >= 11 is 1.38. The topological polar surface area (TPSA) is 55.4 Å². The number of hydrogen-bond donors (Lipinski definition) is 1. The number of amides is 1. The first-order valence-electron chi connectivity index (χ1n) is 10.1. The lowest BCUT2D eigenvalue weighted by Gasteiger charge is -2.14. The minimum atomic E-state index is -0.610. The second-order valence-corrected chi connectivity index (χ2v) is 7.82. The maximum absolute atomic E-state index is 13.2. The fraction of sp³-hybridized carbons (Fsp3) is 0.200. The van der Waals surface area contributed by atoms with Gasteiger partial charge in [-0.25, -0.2) is 9.18 Å². The highest BCUT2D eigenvalue weighted by molar-refractivity contribution is 7.11. The van der Waals surface area contributed by atoms with Gasteiger partial charge in [-0.2, -0.15) is 0 Å². The largest absolute Gasteiger partial charge is 0.452 e. The summed E-state index contributed by atoms with van der Waals surface area (Å²) in [5.41, 5.74) is 3.84. The van der Waals surface area contributed by atoms with Crippen LogP contribution in [0, 0.1) is 5.82 Å². The Balaban J connectivity index is 1.73. The van der Waals surface area contributed by atoms with E-state index in [4.69, 9.17) is 4.74 Å². The number of rotatable bonds is 8. The van der Waals surface area contributed by atoms with Crippen LogP contribution in [0.2, 0.25) is 0 Å². The number of nitrogens with one attached hydrogen (secondary N) is 1. The summed E-state index contributed by atoms with van der Waals surface area (Å²) in [7, 11) is 0. The van der Waals surface area contributed by atoms with Gasteiger partial charge >= 0.3 is 5.97 Å². The first-order valence-corrected chi connectivity index (χ1v) is 11.0. The van der Waals surface area contributed by atoms with Crippen LogP contribution in [0.4, 0.5) is 10.1 Å². The van der Waals surface area contributed by atoms with Gasteiger partial charge in [0.1, 0.15) is 5.82 Å². The number of ether oxygens (including phenoxy) is 1. The summed E-state index contributed by atoms with van der Waals surface area (Å²) in [5.74, 6) is -1.36. The highest BCUT2D eigenvalue weighted by Gasteiger charge is 2.17. The Kier molecular flexibility index (Phi) is 7.73. The zero-order chi connectivity index (χ0) is 22.2. The van der Waals surface area contributed by atoms with Crippen LogP contribution in [0.25, 0.3) is 11.6 Å². The third-order valence-electron chi connectivity index (χ3n) is 4.79. The van der Waals surface area contributed by atoms with E-state index in [1.165, 1.54) is 23.5 Å². The molecule has 0 saturated carbocycles. The van der Waals surface area contributed by atoms with E-state index in [1.54, 1.807) is 24.3 Å². The van der Waals surface area contributed by atoms with Gasteiger partial charge in [-0.05, 0) is 59.2 Å². The first-order chi connectivity index (χ1) is 15.0. The number of hydrogen-bond acceptors (Lipinski definition) is 4. The molecule has 0 aliphatic heterocycles. The van der Waals surface area contributed by atoms with Crippen molar-refractivity contribution in [1.29, 1.82) is 0 Å². The predicted molar refractivity (Wildman–Crippen MR) is 123 cm³/mol. The number of benzene rings is 2. The van der Waals surface area contributed by atoms with Gasteiger partial charge in [0.05, 0.1) is 5.57 Å². The molecule has 0 radical (unpaired) electrons. The van der Waals surface area contributed by atoms with E-state index in [1.807, 2.05) is 43.5 Å². The van der Waals surface area contributed by atoms with Gasteiger partial charge in [0.15, 0.2) is 6.61 Å². The van der Waals surface area contributed by atoms with E-state index >= 15 is 0 Å². The molecule has 0 spiro atoms. The summed E-state index contributed by atoms with van der Waals surface area (Å²) < 4.78 is 18.5. The normalized spacial score (nSPS) is 11.3. The second kappa shape index (κ2) is 10.7. The van der Waals surface area contributed by atoms with Crippen molar-refractivity contribution in [2.75, 3.05) is 11.9 Å². The standard InChI is InChI=1S/C25H24FNO3S/c1-3-18-7-5-8-19(4-2)24(18)27-23(28)16-30-25(29)21(22-9-6-14-31-22)15-17-10-12-20(26)13-11-17/h5-15H,3-4,16H2,1-2H3,(H,27,28)/b21-15+. The van der Waals surface area contributed by atoms with Crippen molar-refractivity contribution in [3.63, 3.8) is 0 Å². The highest BCUT2D eigenvalue weighted by Crippen LogP contribution is 2.25. The quantitative estimate of drug-likeness (QED) is 0.361. The molecule has 1 aromatic heterocycles. The molecule has 2 aromatic carbocycles. The molecule has 160 valence electrons. The predicted octanol–water partition coefficient (Wildman–Crippen LogP) is 5.73. The van der Waals surface area contributed by atoms with Crippen molar-refractivity contribution in [2.45, 2.75) is 26.7 Å². The molecule has 0 aliphatic rings. The Hall–Kier alpha value is -3.25. The lowest BCUT2D eigenvalue weighted by atomic mass is 10.0. The average molecular weight is 438 g/mol. The fourth-order valence-electron chi connectivity index (χ4n) is 3.18. The van der Waals surface area contributed by atoms with Gasteiger partial charge in [0, 0.05) is 10.6 Å². The van der Waals surface area contributed by atoms with Crippen molar-refractivity contribution in [3.8, 4) is 0 Å². The van der Waals surface area contributed by atoms with E-state index in [9.17, 15) is 14.0 Å². The van der Waals surface area contributed by atoms with Gasteiger partial charge in [-0.15, -0.1) is 11.3 Å². The second-order valence-electron chi connectivity index (χ2n) is 6.87. The lowest BCUT2D eigenvalue weighted by molar-refractivity contribution is -0.141. The molecule has 1 heterocycles. The average Bonchev–Trinajstić information content (AvgIpc) is 3.31. The van der Waals surface area contributed by atoms with Gasteiger partial charge in [0.25, 0.3) is 5.91 Å². The Morgan fingerprint density at radius 2 is 1.68 bits per heavy atom. The molecule has 0 aliphatic carbocycles. The summed E-state index contributed by atoms with van der Waals surface area (Å²) in [5, 5.41) is 4.74. The molecular weight excluding hydrogens is 413 g/mol. The number of anilines is 1. The number of aryl methyl sites for hydroxylation is 2. The molecule has 0 atom stereocenters. The van der Waals surface area contributed by atoms with Crippen LogP contribution in [0.3, 0.4) is 0 Å². The smallest absolute Gasteiger partial charge is 0.340 e. The SMILES string of the molecule is CCc1cccc(CC)c1NC(=O)COC(=O)/C(=C/c1ccc(F)cc1)c1cccs1. The molecule has 31 heavy (non-hydrogen) atoms. The molecule has 3 aromatic rings. The molecule has 0 fully saturated rings. The zero-order valence-corrected chi connectivity index (χ0v) is 18.3. The molecule has 1 amide bonds. The van der Waals surface area contributed by atoms with Gasteiger partial charge in [0.2, 0.25) is 0 Å². The van der Waals surface area contributed by atoms with E-state index in [2.05, 4.69) is 5.32 Å². The van der Waals surface area contributed by atoms with E-state index < -0.39 is 18.5 Å². The third-order valence-corrected chi connectivity index (χ3v) is 5.69. The Bertz CT molecular complexity index is 1050. The number of thiophene rings is 1. The number of para-hydroxylation sites is 1. The fourth-order valence-corrected chi connectivity index (χ4v) is 3.91. The Labute approximate surface area is 185 Å². The van der Waals surface area contributed by atoms with Crippen molar-refractivity contribution >= 4 is 40.5 Å². The minimum absolute atomic E-state index is 0.317. The Morgan fingerprint density at radius 3 is 2.26 bits per heavy atom. The number of carbonyl (C=O) groups is 2. The van der Waals surface area contributed by atoms with E-state index in [0.29, 0.717) is 16.0 Å². The van der Waals surface area contributed by atoms with Crippen LogP contribution < -0.4 is 5.32 Å². The number of halogens is 1. The monoisotopic (exact) mass is 437 g/mol. The van der Waals surface area contributed by atoms with Gasteiger partial charge < -0.3 is 10.1 Å². The van der Waals surface area contributed by atoms with Gasteiger partial charge in [-0.3, -0.25) is 4.79 Å². The molecular formula is C25H24FNO3S. The maximum atomic E-state index is 13.2. The highest BCUT2D eigenvalue weighted by atomic mass is 32.1. The maximum Gasteiger partial charge on any atom is 0.340 e. The van der Waals surface area contributed by atoms with Crippen LogP contribution in [0.15, 0.2) is 60.0 Å². The van der Waals surface area contributed by atoms with Crippen molar-refractivity contribution < 1.29 is 18.7 Å². The summed E-state index contributed by atoms with van der Waals surface area (Å²) in [6.07, 6.45) is 3.20. The molecule has 3 rings (SSSR count). The number of carbonyl (C=O) groups excluding carboxylic acids is 2. The van der Waals surface area contributed by atoms with Crippen molar-refractivity contribution in [2.24, 2.45) is 0 Å². The molecule has 0 bridgehead atoms. The van der Waals surface area contributed by atoms with Crippen LogP contribution in [0.1, 0.15) is 35.4 Å². The molecule has 0 unspecified atom stereocenters. The summed E-state index contributed by atoms with van der Waals surface area (Å²) in [4.78, 5) is 26.0. The number of esters is 1. The van der Waals surface area contributed by atoms with Crippen LogP contribution >= 0.6 is 11.3 Å². The van der Waals surface area contributed by atoms with Crippen molar-refractivity contribution in [1.82, 2.24) is 0 Å². The summed E-state index contributed by atoms with van der Waals surface area (Å²) in [6.45, 7) is 3.65. The molecule has 1 N–H and O–H groups in total. The van der Waals surface area contributed by atoms with Gasteiger partial charge in [-0.1, -0.05) is 50.2 Å². The van der Waals surface area contributed by atoms with Crippen LogP contribution in [0.5, 0.6) is 0 Å². The third kappa shape index (κ3) is 5.89. The Morgan fingerprint density at radius 1 is 1.00 bits per heavy atom. The lowest BCUT2D eigenvalue weighted by Crippen LogP contribution is -2.22. The molecule has 6 heteroatoms. The first kappa shape index (κ1) is 22.4. The molecule has 4 nitrogen and oxygen atoms in total. The van der Waals surface area contributed by atoms with Crippen LogP contribution in [-0.4, -0.2) is 18.5 Å². The van der Waals surface area contributed by atoms with E-state index in [-0.39, 0.29) is 5.82 Å². The van der Waals surface area contributed by atoms with Crippen molar-refractivity contribution in [3.05, 3.63) is 87.4 Å². The zero-order valence-electron chi connectivity index (χ0n) is 17.5. The van der Waals surface area contributed by atoms with Crippen LogP contribution in [-0.2, 0) is 27.2 Å². The molecule has 0 saturated heterocycles.